The number of carbonyl (C=O) groups is 1. The molecule has 3 rings (SSSR count). The fourth-order valence-electron chi connectivity index (χ4n) is 3.10. The van der Waals surface area contributed by atoms with Crippen LogP contribution in [0.1, 0.15) is 16.8 Å². The molecule has 26 heavy (non-hydrogen) atoms. The van der Waals surface area contributed by atoms with Crippen molar-refractivity contribution in [2.45, 2.75) is 6.42 Å². The average Bonchev–Trinajstić information content (AvgIpc) is 2.87. The van der Waals surface area contributed by atoms with E-state index in [1.807, 2.05) is 23.1 Å². The van der Waals surface area contributed by atoms with Crippen LogP contribution < -0.4 is 9.62 Å². The van der Waals surface area contributed by atoms with Gasteiger partial charge in [-0.2, -0.15) is 0 Å². The molecule has 6 nitrogen and oxygen atoms in total. The Morgan fingerprint density at radius 1 is 0.923 bits per heavy atom. The van der Waals surface area contributed by atoms with Crippen LogP contribution >= 0.6 is 0 Å². The van der Waals surface area contributed by atoms with Gasteiger partial charge in [0.25, 0.3) is 5.91 Å². The van der Waals surface area contributed by atoms with Crippen LogP contribution in [0.25, 0.3) is 0 Å². The van der Waals surface area contributed by atoms with Gasteiger partial charge < -0.3 is 9.80 Å². The molecule has 1 aliphatic heterocycles. The molecule has 1 fully saturated rings. The number of rotatable bonds is 4. The van der Waals surface area contributed by atoms with Gasteiger partial charge >= 0.3 is 0 Å². The van der Waals surface area contributed by atoms with E-state index in [0.717, 1.165) is 25.8 Å². The van der Waals surface area contributed by atoms with Crippen molar-refractivity contribution in [1.29, 1.82) is 0 Å². The third-order valence-electron chi connectivity index (χ3n) is 4.34. The summed E-state index contributed by atoms with van der Waals surface area (Å²) < 4.78 is 24.9. The quantitative estimate of drug-likeness (QED) is 0.894. The molecule has 2 aromatic carbocycles. The molecule has 1 amide bonds. The summed E-state index contributed by atoms with van der Waals surface area (Å²) in [6, 6.07) is 16.8. The van der Waals surface area contributed by atoms with Gasteiger partial charge in [-0.15, -0.1) is 0 Å². The molecule has 0 unspecified atom stereocenters. The van der Waals surface area contributed by atoms with Gasteiger partial charge in [0.2, 0.25) is 10.0 Å². The summed E-state index contributed by atoms with van der Waals surface area (Å²) >= 11 is 0. The molecule has 0 atom stereocenters. The van der Waals surface area contributed by atoms with Crippen molar-refractivity contribution in [3.8, 4) is 0 Å². The Kier molecular flexibility index (Phi) is 5.46. The standard InChI is InChI=1S/C19H23N3O3S/c1-26(24,25)20-17-10-8-16(9-11-17)19(23)22-13-5-12-21(14-15-22)18-6-3-2-4-7-18/h2-4,6-11,20H,5,12-15H2,1H3. The van der Waals surface area contributed by atoms with Crippen LogP contribution in [-0.4, -0.2) is 51.7 Å². The van der Waals surface area contributed by atoms with Crippen molar-refractivity contribution in [3.05, 3.63) is 60.2 Å². The smallest absolute Gasteiger partial charge is 0.253 e. The highest BCUT2D eigenvalue weighted by Gasteiger charge is 2.20. The third kappa shape index (κ3) is 4.76. The van der Waals surface area contributed by atoms with Gasteiger partial charge in [-0.05, 0) is 42.8 Å². The highest BCUT2D eigenvalue weighted by atomic mass is 32.2. The van der Waals surface area contributed by atoms with Crippen molar-refractivity contribution in [2.24, 2.45) is 0 Å². The van der Waals surface area contributed by atoms with Crippen LogP contribution in [0.15, 0.2) is 54.6 Å². The maximum Gasteiger partial charge on any atom is 0.253 e. The van der Waals surface area contributed by atoms with Crippen LogP contribution in [0.3, 0.4) is 0 Å². The Morgan fingerprint density at radius 2 is 1.62 bits per heavy atom. The molecule has 0 spiro atoms. The van der Waals surface area contributed by atoms with E-state index >= 15 is 0 Å². The van der Waals surface area contributed by atoms with Crippen molar-refractivity contribution >= 4 is 27.3 Å². The fraction of sp³-hybridized carbons (Fsp3) is 0.316. The summed E-state index contributed by atoms with van der Waals surface area (Å²) in [5, 5.41) is 0. The minimum absolute atomic E-state index is 0.0224. The molecule has 1 aliphatic rings. The van der Waals surface area contributed by atoms with Gasteiger partial charge in [0.1, 0.15) is 0 Å². The minimum Gasteiger partial charge on any atom is -0.370 e. The minimum atomic E-state index is -3.32. The van der Waals surface area contributed by atoms with E-state index in [2.05, 4.69) is 21.8 Å². The number of carbonyl (C=O) groups excluding carboxylic acids is 1. The Morgan fingerprint density at radius 3 is 2.27 bits per heavy atom. The molecule has 0 saturated carbocycles. The Labute approximate surface area is 154 Å². The number of amides is 1. The topological polar surface area (TPSA) is 69.7 Å². The van der Waals surface area contributed by atoms with Gasteiger partial charge in [-0.1, -0.05) is 18.2 Å². The zero-order valence-corrected chi connectivity index (χ0v) is 15.6. The lowest BCUT2D eigenvalue weighted by Crippen LogP contribution is -2.35. The number of nitrogens with one attached hydrogen (secondary N) is 1. The van der Waals surface area contributed by atoms with E-state index in [9.17, 15) is 13.2 Å². The van der Waals surface area contributed by atoms with E-state index in [1.165, 1.54) is 5.69 Å². The summed E-state index contributed by atoms with van der Waals surface area (Å²) in [6.45, 7) is 3.09. The second-order valence-electron chi connectivity index (χ2n) is 6.42. The first-order valence-corrected chi connectivity index (χ1v) is 10.5. The number of para-hydroxylation sites is 1. The number of hydrogen-bond donors (Lipinski definition) is 1. The summed E-state index contributed by atoms with van der Waals surface area (Å²) in [4.78, 5) is 16.9. The van der Waals surface area contributed by atoms with Crippen LogP contribution in [0.5, 0.6) is 0 Å². The maximum atomic E-state index is 12.8. The Bertz CT molecular complexity index is 851. The highest BCUT2D eigenvalue weighted by Crippen LogP contribution is 2.18. The number of benzene rings is 2. The zero-order valence-electron chi connectivity index (χ0n) is 14.8. The lowest BCUT2D eigenvalue weighted by molar-refractivity contribution is 0.0767. The summed E-state index contributed by atoms with van der Waals surface area (Å²) in [5.41, 5.74) is 2.20. The van der Waals surface area contributed by atoms with E-state index in [4.69, 9.17) is 0 Å². The summed E-state index contributed by atoms with van der Waals surface area (Å²) in [5.74, 6) is -0.0224. The molecular formula is C19H23N3O3S. The molecule has 1 saturated heterocycles. The maximum absolute atomic E-state index is 12.8. The first kappa shape index (κ1) is 18.3. The normalized spacial score (nSPS) is 15.4. The lowest BCUT2D eigenvalue weighted by Gasteiger charge is -2.23. The number of hydrogen-bond acceptors (Lipinski definition) is 4. The van der Waals surface area contributed by atoms with E-state index in [0.29, 0.717) is 24.3 Å². The highest BCUT2D eigenvalue weighted by molar-refractivity contribution is 7.92. The number of sulfonamides is 1. The molecule has 138 valence electrons. The van der Waals surface area contributed by atoms with Crippen molar-refractivity contribution in [2.75, 3.05) is 42.1 Å². The van der Waals surface area contributed by atoms with Crippen molar-refractivity contribution in [3.63, 3.8) is 0 Å². The number of anilines is 2. The monoisotopic (exact) mass is 373 g/mol. The molecule has 2 aromatic rings. The van der Waals surface area contributed by atoms with E-state index in [-0.39, 0.29) is 5.91 Å². The molecule has 0 bridgehead atoms. The van der Waals surface area contributed by atoms with Gasteiger partial charge in [-0.25, -0.2) is 8.42 Å². The van der Waals surface area contributed by atoms with Gasteiger partial charge in [0.15, 0.2) is 0 Å². The molecule has 7 heteroatoms. The molecule has 0 aliphatic carbocycles. The van der Waals surface area contributed by atoms with Gasteiger partial charge in [0.05, 0.1) is 6.26 Å². The molecule has 0 aromatic heterocycles. The van der Waals surface area contributed by atoms with Crippen LogP contribution in [0.2, 0.25) is 0 Å². The van der Waals surface area contributed by atoms with E-state index in [1.54, 1.807) is 24.3 Å². The average molecular weight is 373 g/mol. The molecular weight excluding hydrogens is 350 g/mol. The Hall–Kier alpha value is -2.54. The zero-order chi connectivity index (χ0) is 18.6. The summed E-state index contributed by atoms with van der Waals surface area (Å²) in [7, 11) is -3.32. The lowest BCUT2D eigenvalue weighted by atomic mass is 10.2. The van der Waals surface area contributed by atoms with E-state index < -0.39 is 10.0 Å². The largest absolute Gasteiger partial charge is 0.370 e. The molecule has 1 N–H and O–H groups in total. The summed E-state index contributed by atoms with van der Waals surface area (Å²) in [6.07, 6.45) is 2.01. The van der Waals surface area contributed by atoms with Crippen LogP contribution in [0, 0.1) is 0 Å². The fourth-order valence-corrected chi connectivity index (χ4v) is 3.66. The SMILES string of the molecule is CS(=O)(=O)Nc1ccc(C(=O)N2CCCN(c3ccccc3)CC2)cc1. The van der Waals surface area contributed by atoms with Crippen LogP contribution in [-0.2, 0) is 10.0 Å². The second kappa shape index (κ2) is 7.78. The second-order valence-corrected chi connectivity index (χ2v) is 8.17. The van der Waals surface area contributed by atoms with Crippen LogP contribution in [0.4, 0.5) is 11.4 Å². The first-order chi connectivity index (χ1) is 12.4. The number of nitrogens with zero attached hydrogens (tertiary/aromatic N) is 2. The Balaban J connectivity index is 1.65. The predicted octanol–water partition coefficient (Wildman–Crippen LogP) is 2.41. The first-order valence-electron chi connectivity index (χ1n) is 8.59. The molecule has 0 radical (unpaired) electrons. The van der Waals surface area contributed by atoms with Crippen molar-refractivity contribution in [1.82, 2.24) is 4.90 Å². The van der Waals surface area contributed by atoms with Gasteiger partial charge in [0, 0.05) is 43.1 Å². The van der Waals surface area contributed by atoms with Gasteiger partial charge in [-0.3, -0.25) is 9.52 Å². The van der Waals surface area contributed by atoms with Crippen molar-refractivity contribution < 1.29 is 13.2 Å². The predicted molar refractivity (Wildman–Crippen MR) is 104 cm³/mol. The third-order valence-corrected chi connectivity index (χ3v) is 4.95. The molecule has 1 heterocycles.